The molecule has 0 radical (unpaired) electrons. The molecule has 0 heterocycles. The van der Waals surface area contributed by atoms with Crippen LogP contribution in [0.25, 0.3) is 0 Å². The highest BCUT2D eigenvalue weighted by atomic mass is 16.5. The molecule has 78 valence electrons. The van der Waals surface area contributed by atoms with Gasteiger partial charge in [-0.05, 0) is 27.7 Å². The quantitative estimate of drug-likeness (QED) is 0.655. The van der Waals surface area contributed by atoms with Gasteiger partial charge in [-0.15, -0.1) is 0 Å². The molecule has 0 saturated carbocycles. The molecule has 0 saturated heterocycles. The first-order valence-electron chi connectivity index (χ1n) is 4.80. The van der Waals surface area contributed by atoms with Crippen molar-refractivity contribution in [1.29, 1.82) is 0 Å². The monoisotopic (exact) mass is 187 g/mol. The van der Waals surface area contributed by atoms with Crippen LogP contribution in [0.5, 0.6) is 0 Å². The fourth-order valence-electron chi connectivity index (χ4n) is 1.49. The van der Waals surface area contributed by atoms with E-state index in [1.54, 1.807) is 7.11 Å². The zero-order chi connectivity index (χ0) is 10.4. The third kappa shape index (κ3) is 4.27. The number of ether oxygens (including phenoxy) is 1. The summed E-state index contributed by atoms with van der Waals surface area (Å²) in [6.07, 6.45) is 0.479. The number of amides is 1. The molecule has 0 aromatic rings. The predicted octanol–water partition coefficient (Wildman–Crippen LogP) is 1.67. The van der Waals surface area contributed by atoms with Crippen LogP contribution < -0.4 is 0 Å². The van der Waals surface area contributed by atoms with Gasteiger partial charge in [0.1, 0.15) is 0 Å². The highest BCUT2D eigenvalue weighted by Gasteiger charge is 2.18. The van der Waals surface area contributed by atoms with Crippen molar-refractivity contribution in [2.45, 2.75) is 46.2 Å². The van der Waals surface area contributed by atoms with E-state index in [-0.39, 0.29) is 18.0 Å². The van der Waals surface area contributed by atoms with Crippen molar-refractivity contribution in [2.24, 2.45) is 0 Å². The standard InChI is InChI=1S/C10H21NO2/c1-8(2)11(9(3)4)10(12)6-7-13-5/h8-9H,6-7H2,1-5H3. The van der Waals surface area contributed by atoms with Crippen LogP contribution in [0.4, 0.5) is 0 Å². The largest absolute Gasteiger partial charge is 0.384 e. The van der Waals surface area contributed by atoms with Gasteiger partial charge in [0.25, 0.3) is 0 Å². The van der Waals surface area contributed by atoms with E-state index >= 15 is 0 Å². The molecular formula is C10H21NO2. The van der Waals surface area contributed by atoms with Crippen molar-refractivity contribution in [2.75, 3.05) is 13.7 Å². The van der Waals surface area contributed by atoms with Gasteiger partial charge in [-0.1, -0.05) is 0 Å². The minimum atomic E-state index is 0.173. The molecule has 0 N–H and O–H groups in total. The average molecular weight is 187 g/mol. The van der Waals surface area contributed by atoms with Crippen LogP contribution in [-0.2, 0) is 9.53 Å². The van der Waals surface area contributed by atoms with Gasteiger partial charge < -0.3 is 9.64 Å². The zero-order valence-corrected chi connectivity index (χ0v) is 9.33. The topological polar surface area (TPSA) is 29.5 Å². The minimum Gasteiger partial charge on any atom is -0.384 e. The van der Waals surface area contributed by atoms with Gasteiger partial charge in [-0.3, -0.25) is 4.79 Å². The summed E-state index contributed by atoms with van der Waals surface area (Å²) in [4.78, 5) is 13.5. The van der Waals surface area contributed by atoms with E-state index in [1.165, 1.54) is 0 Å². The van der Waals surface area contributed by atoms with Crippen molar-refractivity contribution in [3.8, 4) is 0 Å². The summed E-state index contributed by atoms with van der Waals surface area (Å²) in [7, 11) is 1.61. The van der Waals surface area contributed by atoms with Gasteiger partial charge in [0.05, 0.1) is 13.0 Å². The molecule has 0 aliphatic rings. The minimum absolute atomic E-state index is 0.173. The van der Waals surface area contributed by atoms with E-state index in [0.29, 0.717) is 13.0 Å². The maximum Gasteiger partial charge on any atom is 0.225 e. The molecular weight excluding hydrogens is 166 g/mol. The smallest absolute Gasteiger partial charge is 0.225 e. The van der Waals surface area contributed by atoms with E-state index in [4.69, 9.17) is 4.74 Å². The summed E-state index contributed by atoms with van der Waals surface area (Å²) in [6.45, 7) is 8.64. The van der Waals surface area contributed by atoms with E-state index < -0.39 is 0 Å². The normalized spacial score (nSPS) is 11.0. The summed E-state index contributed by atoms with van der Waals surface area (Å²) in [6, 6.07) is 0.536. The Hall–Kier alpha value is -0.570. The van der Waals surface area contributed by atoms with E-state index in [9.17, 15) is 4.79 Å². The molecule has 3 nitrogen and oxygen atoms in total. The van der Waals surface area contributed by atoms with Crippen LogP contribution >= 0.6 is 0 Å². The van der Waals surface area contributed by atoms with Crippen molar-refractivity contribution in [1.82, 2.24) is 4.90 Å². The third-order valence-electron chi connectivity index (χ3n) is 1.92. The van der Waals surface area contributed by atoms with Gasteiger partial charge in [0.15, 0.2) is 0 Å². The van der Waals surface area contributed by atoms with E-state index in [0.717, 1.165) is 0 Å². The molecule has 0 aromatic carbocycles. The summed E-state index contributed by atoms with van der Waals surface area (Å²) in [5, 5.41) is 0. The lowest BCUT2D eigenvalue weighted by atomic mass is 10.2. The molecule has 0 aliphatic heterocycles. The van der Waals surface area contributed by atoms with Gasteiger partial charge >= 0.3 is 0 Å². The number of methoxy groups -OCH3 is 1. The second-order valence-corrected chi connectivity index (χ2v) is 3.73. The number of nitrogens with zero attached hydrogens (tertiary/aromatic N) is 1. The second kappa shape index (κ2) is 5.97. The molecule has 0 bridgehead atoms. The Kier molecular flexibility index (Phi) is 5.71. The number of rotatable bonds is 5. The Bertz CT molecular complexity index is 147. The van der Waals surface area contributed by atoms with Crippen LogP contribution in [0.15, 0.2) is 0 Å². The summed E-state index contributed by atoms with van der Waals surface area (Å²) in [5.41, 5.74) is 0. The Morgan fingerprint density at radius 2 is 1.69 bits per heavy atom. The van der Waals surface area contributed by atoms with Crippen molar-refractivity contribution >= 4 is 5.91 Å². The van der Waals surface area contributed by atoms with Crippen LogP contribution in [0.1, 0.15) is 34.1 Å². The Labute approximate surface area is 81.1 Å². The molecule has 0 atom stereocenters. The molecule has 0 aliphatic carbocycles. The summed E-state index contributed by atoms with van der Waals surface area (Å²) >= 11 is 0. The van der Waals surface area contributed by atoms with Crippen molar-refractivity contribution in [3.05, 3.63) is 0 Å². The third-order valence-corrected chi connectivity index (χ3v) is 1.92. The van der Waals surface area contributed by atoms with Gasteiger partial charge in [-0.2, -0.15) is 0 Å². The van der Waals surface area contributed by atoms with Crippen molar-refractivity contribution in [3.63, 3.8) is 0 Å². The first kappa shape index (κ1) is 12.4. The van der Waals surface area contributed by atoms with Crippen molar-refractivity contribution < 1.29 is 9.53 Å². The van der Waals surface area contributed by atoms with Crippen LogP contribution in [0.3, 0.4) is 0 Å². The SMILES string of the molecule is COCCC(=O)N(C(C)C)C(C)C. The highest BCUT2D eigenvalue weighted by Crippen LogP contribution is 2.07. The van der Waals surface area contributed by atoms with E-state index in [2.05, 4.69) is 0 Å². The predicted molar refractivity (Wildman–Crippen MR) is 53.6 cm³/mol. The molecule has 1 amide bonds. The maximum atomic E-state index is 11.6. The lowest BCUT2D eigenvalue weighted by Crippen LogP contribution is -2.42. The molecule has 13 heavy (non-hydrogen) atoms. The molecule has 3 heteroatoms. The number of hydrogen-bond acceptors (Lipinski definition) is 2. The molecule has 0 fully saturated rings. The second-order valence-electron chi connectivity index (χ2n) is 3.73. The Morgan fingerprint density at radius 3 is 2.00 bits per heavy atom. The Morgan fingerprint density at radius 1 is 1.23 bits per heavy atom. The van der Waals surface area contributed by atoms with Gasteiger partial charge in [-0.25, -0.2) is 0 Å². The summed E-state index contributed by atoms with van der Waals surface area (Å²) in [5.74, 6) is 0.173. The first-order valence-corrected chi connectivity index (χ1v) is 4.80. The zero-order valence-electron chi connectivity index (χ0n) is 9.33. The lowest BCUT2D eigenvalue weighted by molar-refractivity contribution is -0.135. The number of carbonyl (C=O) groups excluding carboxylic acids is 1. The number of carbonyl (C=O) groups is 1. The fourth-order valence-corrected chi connectivity index (χ4v) is 1.49. The molecule has 0 unspecified atom stereocenters. The van der Waals surface area contributed by atoms with Crippen LogP contribution in [0, 0.1) is 0 Å². The van der Waals surface area contributed by atoms with Crippen LogP contribution in [-0.4, -0.2) is 36.6 Å². The van der Waals surface area contributed by atoms with E-state index in [1.807, 2.05) is 32.6 Å². The average Bonchev–Trinajstić information content (AvgIpc) is 1.99. The molecule has 0 aromatic heterocycles. The molecule has 0 rings (SSSR count). The Balaban J connectivity index is 4.13. The van der Waals surface area contributed by atoms with Crippen LogP contribution in [0.2, 0.25) is 0 Å². The number of hydrogen-bond donors (Lipinski definition) is 0. The molecule has 0 spiro atoms. The lowest BCUT2D eigenvalue weighted by Gasteiger charge is -2.30. The first-order chi connectivity index (χ1) is 6.00. The maximum absolute atomic E-state index is 11.6. The summed E-state index contributed by atoms with van der Waals surface area (Å²) < 4.78 is 4.87. The van der Waals surface area contributed by atoms with Gasteiger partial charge in [0.2, 0.25) is 5.91 Å². The van der Waals surface area contributed by atoms with Gasteiger partial charge in [0, 0.05) is 19.2 Å². The highest BCUT2D eigenvalue weighted by molar-refractivity contribution is 5.76. The fraction of sp³-hybridized carbons (Fsp3) is 0.900.